The second-order valence-electron chi connectivity index (χ2n) is 4.85. The molecule has 0 aliphatic rings. The fourth-order valence-corrected chi connectivity index (χ4v) is 2.27. The molecule has 2 heterocycles. The minimum Gasteiger partial charge on any atom is -0.356 e. The van der Waals surface area contributed by atoms with Crippen molar-refractivity contribution in [1.29, 1.82) is 0 Å². The molecule has 0 atom stereocenters. The smallest absolute Gasteiger partial charge is 0.332 e. The van der Waals surface area contributed by atoms with Crippen LogP contribution >= 0.6 is 0 Å². The highest BCUT2D eigenvalue weighted by atomic mass is 16.2. The van der Waals surface area contributed by atoms with E-state index in [1.165, 1.54) is 11.6 Å². The molecule has 1 N–H and O–H groups in total. The predicted octanol–water partition coefficient (Wildman–Crippen LogP) is 0.666. The molecule has 0 bridgehead atoms. The number of imidazole rings is 1. The predicted molar refractivity (Wildman–Crippen MR) is 79.3 cm³/mol. The van der Waals surface area contributed by atoms with Crippen molar-refractivity contribution in [2.45, 2.75) is 33.2 Å². The van der Waals surface area contributed by atoms with E-state index in [2.05, 4.69) is 17.2 Å². The molecular weight excluding hydrogens is 258 g/mol. The van der Waals surface area contributed by atoms with Crippen LogP contribution in [0, 0.1) is 0 Å². The van der Waals surface area contributed by atoms with Gasteiger partial charge in [-0.3, -0.25) is 13.9 Å². The Morgan fingerprint density at radius 2 is 1.85 bits per heavy atom. The molecule has 110 valence electrons. The number of hydrogen-bond donors (Lipinski definition) is 1. The van der Waals surface area contributed by atoms with Crippen LogP contribution in [-0.2, 0) is 20.6 Å². The summed E-state index contributed by atoms with van der Waals surface area (Å²) in [6.45, 7) is 5.49. The average molecular weight is 279 g/mol. The third-order valence-corrected chi connectivity index (χ3v) is 3.42. The van der Waals surface area contributed by atoms with Crippen molar-refractivity contribution in [2.24, 2.45) is 14.1 Å². The molecule has 0 spiro atoms. The van der Waals surface area contributed by atoms with Crippen molar-refractivity contribution < 1.29 is 0 Å². The van der Waals surface area contributed by atoms with Gasteiger partial charge in [-0.2, -0.15) is 4.98 Å². The van der Waals surface area contributed by atoms with Gasteiger partial charge >= 0.3 is 5.69 Å². The quantitative estimate of drug-likeness (QED) is 0.873. The fourth-order valence-electron chi connectivity index (χ4n) is 2.27. The summed E-state index contributed by atoms with van der Waals surface area (Å²) >= 11 is 0. The molecule has 2 aromatic heterocycles. The van der Waals surface area contributed by atoms with Crippen LogP contribution in [-0.4, -0.2) is 25.2 Å². The highest BCUT2D eigenvalue weighted by molar-refractivity contribution is 5.74. The van der Waals surface area contributed by atoms with Crippen molar-refractivity contribution in [3.63, 3.8) is 0 Å². The van der Waals surface area contributed by atoms with Crippen molar-refractivity contribution >= 4 is 17.1 Å². The first kappa shape index (κ1) is 14.4. The van der Waals surface area contributed by atoms with Gasteiger partial charge in [-0.25, -0.2) is 4.79 Å². The molecule has 0 fully saturated rings. The van der Waals surface area contributed by atoms with E-state index in [0.29, 0.717) is 30.2 Å². The van der Waals surface area contributed by atoms with Gasteiger partial charge in [0.25, 0.3) is 5.56 Å². The average Bonchev–Trinajstić information content (AvgIpc) is 2.79. The summed E-state index contributed by atoms with van der Waals surface area (Å²) in [5, 5.41) is 3.16. The Bertz CT molecular complexity index is 738. The zero-order valence-electron chi connectivity index (χ0n) is 12.4. The first-order valence-electron chi connectivity index (χ1n) is 6.93. The molecule has 0 aliphatic heterocycles. The highest BCUT2D eigenvalue weighted by Crippen LogP contribution is 2.16. The lowest BCUT2D eigenvalue weighted by molar-refractivity contribution is 0.641. The number of hydrogen-bond acceptors (Lipinski definition) is 4. The van der Waals surface area contributed by atoms with Gasteiger partial charge in [0.05, 0.1) is 0 Å². The van der Waals surface area contributed by atoms with Crippen LogP contribution in [0.25, 0.3) is 11.2 Å². The molecule has 0 amide bonds. The number of aryl methyl sites for hydroxylation is 2. The number of fused-ring (bicyclic) bond motifs is 1. The summed E-state index contributed by atoms with van der Waals surface area (Å²) in [5.41, 5.74) is 0.269. The number of nitrogens with zero attached hydrogens (tertiary/aromatic N) is 4. The Labute approximate surface area is 116 Å². The van der Waals surface area contributed by atoms with Crippen molar-refractivity contribution in [2.75, 3.05) is 11.9 Å². The maximum atomic E-state index is 12.4. The minimum absolute atomic E-state index is 0.296. The summed E-state index contributed by atoms with van der Waals surface area (Å²) in [6.07, 6.45) is 1.98. The van der Waals surface area contributed by atoms with Gasteiger partial charge in [0, 0.05) is 27.2 Å². The van der Waals surface area contributed by atoms with E-state index in [4.69, 9.17) is 0 Å². The lowest BCUT2D eigenvalue weighted by Crippen LogP contribution is -2.37. The van der Waals surface area contributed by atoms with Crippen LogP contribution < -0.4 is 16.6 Å². The standard InChI is InChI=1S/C13H21N5O2/c1-5-7-8-18-9-10(15-12(18)14-6-2)16(3)13(20)17(4)11(9)19/h5-8H2,1-4H3,(H,14,15). The molecule has 7 nitrogen and oxygen atoms in total. The van der Waals surface area contributed by atoms with Crippen molar-refractivity contribution in [3.05, 3.63) is 20.8 Å². The monoisotopic (exact) mass is 279 g/mol. The summed E-state index contributed by atoms with van der Waals surface area (Å²) in [7, 11) is 3.13. The van der Waals surface area contributed by atoms with E-state index in [9.17, 15) is 9.59 Å². The summed E-state index contributed by atoms with van der Waals surface area (Å²) in [6, 6.07) is 0. The Morgan fingerprint density at radius 3 is 2.45 bits per heavy atom. The van der Waals surface area contributed by atoms with Gasteiger partial charge in [0.2, 0.25) is 5.95 Å². The Morgan fingerprint density at radius 1 is 1.15 bits per heavy atom. The molecule has 2 aromatic rings. The van der Waals surface area contributed by atoms with E-state index >= 15 is 0 Å². The number of rotatable bonds is 5. The van der Waals surface area contributed by atoms with Gasteiger partial charge in [-0.05, 0) is 13.3 Å². The Kier molecular flexibility index (Phi) is 3.96. The number of anilines is 1. The van der Waals surface area contributed by atoms with E-state index in [-0.39, 0.29) is 11.2 Å². The number of unbranched alkanes of at least 4 members (excludes halogenated alkanes) is 1. The fraction of sp³-hybridized carbons (Fsp3) is 0.615. The van der Waals surface area contributed by atoms with Crippen LogP contribution in [0.4, 0.5) is 5.95 Å². The van der Waals surface area contributed by atoms with Crippen molar-refractivity contribution in [1.82, 2.24) is 18.7 Å². The van der Waals surface area contributed by atoms with Gasteiger partial charge in [-0.15, -0.1) is 0 Å². The summed E-state index contributed by atoms with van der Waals surface area (Å²) < 4.78 is 4.42. The second kappa shape index (κ2) is 5.52. The molecule has 0 aliphatic carbocycles. The van der Waals surface area contributed by atoms with E-state index in [1.54, 1.807) is 7.05 Å². The van der Waals surface area contributed by atoms with Crippen LogP contribution in [0.2, 0.25) is 0 Å². The van der Waals surface area contributed by atoms with E-state index in [1.807, 2.05) is 11.5 Å². The number of aromatic nitrogens is 4. The van der Waals surface area contributed by atoms with Crippen molar-refractivity contribution in [3.8, 4) is 0 Å². The maximum Gasteiger partial charge on any atom is 0.332 e. The van der Waals surface area contributed by atoms with Gasteiger partial charge in [0.1, 0.15) is 0 Å². The van der Waals surface area contributed by atoms with E-state index < -0.39 is 0 Å². The Hall–Kier alpha value is -2.05. The lowest BCUT2D eigenvalue weighted by Gasteiger charge is -2.09. The number of nitrogens with one attached hydrogen (secondary N) is 1. The lowest BCUT2D eigenvalue weighted by atomic mass is 10.3. The van der Waals surface area contributed by atoms with Gasteiger partial charge < -0.3 is 9.88 Å². The summed E-state index contributed by atoms with van der Waals surface area (Å²) in [5.74, 6) is 0.647. The molecule has 0 saturated heterocycles. The van der Waals surface area contributed by atoms with Crippen LogP contribution in [0.5, 0.6) is 0 Å². The van der Waals surface area contributed by atoms with Crippen LogP contribution in [0.3, 0.4) is 0 Å². The largest absolute Gasteiger partial charge is 0.356 e. The van der Waals surface area contributed by atoms with E-state index in [0.717, 1.165) is 17.4 Å². The van der Waals surface area contributed by atoms with Crippen LogP contribution in [0.1, 0.15) is 26.7 Å². The molecule has 7 heteroatoms. The Balaban J connectivity index is 2.82. The minimum atomic E-state index is -0.356. The van der Waals surface area contributed by atoms with Gasteiger partial charge in [-0.1, -0.05) is 13.3 Å². The van der Waals surface area contributed by atoms with Crippen LogP contribution in [0.15, 0.2) is 9.59 Å². The molecule has 0 saturated carbocycles. The molecule has 2 rings (SSSR count). The highest BCUT2D eigenvalue weighted by Gasteiger charge is 2.18. The SMILES string of the molecule is CCCCn1c(NCC)nc2c1c(=O)n(C)c(=O)n2C. The molecule has 0 unspecified atom stereocenters. The molecule has 0 aromatic carbocycles. The second-order valence-corrected chi connectivity index (χ2v) is 4.85. The zero-order valence-corrected chi connectivity index (χ0v) is 12.4. The molecular formula is C13H21N5O2. The van der Waals surface area contributed by atoms with Gasteiger partial charge in [0.15, 0.2) is 11.2 Å². The maximum absolute atomic E-state index is 12.4. The first-order valence-corrected chi connectivity index (χ1v) is 6.93. The topological polar surface area (TPSA) is 73.8 Å². The first-order chi connectivity index (χ1) is 9.52. The molecule has 0 radical (unpaired) electrons. The third kappa shape index (κ3) is 2.13. The normalized spacial score (nSPS) is 11.2. The summed E-state index contributed by atoms with van der Waals surface area (Å²) in [4.78, 5) is 28.7. The zero-order chi connectivity index (χ0) is 14.9. The molecule has 20 heavy (non-hydrogen) atoms. The third-order valence-electron chi connectivity index (χ3n) is 3.42.